The first-order chi connectivity index (χ1) is 14.2. The molecule has 30 heavy (non-hydrogen) atoms. The number of nitrogens with zero attached hydrogens (tertiary/aromatic N) is 1. The van der Waals surface area contributed by atoms with E-state index < -0.39 is 16.0 Å². The van der Waals surface area contributed by atoms with E-state index in [4.69, 9.17) is 9.47 Å². The van der Waals surface area contributed by atoms with Crippen LogP contribution in [0.4, 0.5) is 5.69 Å². The molecule has 2 aromatic rings. The van der Waals surface area contributed by atoms with Crippen LogP contribution in [0.15, 0.2) is 47.4 Å². The van der Waals surface area contributed by atoms with Crippen molar-refractivity contribution in [3.05, 3.63) is 53.6 Å². The molecule has 0 aromatic heterocycles. The molecule has 0 aliphatic carbocycles. The van der Waals surface area contributed by atoms with Crippen molar-refractivity contribution in [3.63, 3.8) is 0 Å². The van der Waals surface area contributed by atoms with Gasteiger partial charge in [0.25, 0.3) is 0 Å². The van der Waals surface area contributed by atoms with E-state index in [0.717, 1.165) is 4.31 Å². The standard InChI is InChI=1S/C21H26N2O6S/c1-5-29-21(25)15-6-9-17(10-7-15)22-20(24)13-8-16-14-18(11-12-19(16)28-4)30(26,27)23(2)3/h6-7,9-12,14H,5,8,13H2,1-4H3,(H,22,24). The molecule has 9 heteroatoms. The van der Waals surface area contributed by atoms with E-state index in [9.17, 15) is 18.0 Å². The van der Waals surface area contributed by atoms with Crippen LogP contribution in [-0.4, -0.2) is 52.4 Å². The van der Waals surface area contributed by atoms with Gasteiger partial charge in [0, 0.05) is 26.2 Å². The third-order valence-corrected chi connectivity index (χ3v) is 6.14. The lowest BCUT2D eigenvalue weighted by Crippen LogP contribution is -2.22. The summed E-state index contributed by atoms with van der Waals surface area (Å²) in [6, 6.07) is 11.0. The average Bonchev–Trinajstić information content (AvgIpc) is 2.72. The second kappa shape index (κ2) is 10.2. The molecule has 2 rings (SSSR count). The van der Waals surface area contributed by atoms with E-state index in [1.165, 1.54) is 33.3 Å². The predicted octanol–water partition coefficient (Wildman–Crippen LogP) is 2.69. The van der Waals surface area contributed by atoms with E-state index in [0.29, 0.717) is 29.0 Å². The van der Waals surface area contributed by atoms with Gasteiger partial charge in [0.15, 0.2) is 0 Å². The van der Waals surface area contributed by atoms with Crippen LogP contribution >= 0.6 is 0 Å². The lowest BCUT2D eigenvalue weighted by atomic mass is 10.1. The largest absolute Gasteiger partial charge is 0.496 e. The van der Waals surface area contributed by atoms with Crippen LogP contribution < -0.4 is 10.1 Å². The van der Waals surface area contributed by atoms with Crippen molar-refractivity contribution >= 4 is 27.6 Å². The number of aryl methyl sites for hydroxylation is 1. The number of nitrogens with one attached hydrogen (secondary N) is 1. The number of hydrogen-bond acceptors (Lipinski definition) is 6. The molecule has 0 aliphatic heterocycles. The Balaban J connectivity index is 2.06. The maximum Gasteiger partial charge on any atom is 0.338 e. The minimum absolute atomic E-state index is 0.126. The molecule has 0 saturated carbocycles. The van der Waals surface area contributed by atoms with Crippen molar-refractivity contribution in [1.29, 1.82) is 0 Å². The molecule has 1 amide bonds. The van der Waals surface area contributed by atoms with Gasteiger partial charge in [-0.3, -0.25) is 4.79 Å². The summed E-state index contributed by atoms with van der Waals surface area (Å²) in [5.41, 5.74) is 1.57. The Labute approximate surface area is 176 Å². The van der Waals surface area contributed by atoms with Gasteiger partial charge in [0.2, 0.25) is 15.9 Å². The normalized spacial score (nSPS) is 11.2. The number of esters is 1. The Morgan fingerprint density at radius 3 is 2.30 bits per heavy atom. The van der Waals surface area contributed by atoms with Gasteiger partial charge in [-0.25, -0.2) is 17.5 Å². The highest BCUT2D eigenvalue weighted by Crippen LogP contribution is 2.25. The molecule has 8 nitrogen and oxygen atoms in total. The molecule has 0 saturated heterocycles. The Kier molecular flexibility index (Phi) is 7.96. The van der Waals surface area contributed by atoms with Crippen LogP contribution in [0.2, 0.25) is 0 Å². The van der Waals surface area contributed by atoms with Crippen LogP contribution in [0.1, 0.15) is 29.3 Å². The van der Waals surface area contributed by atoms with Crippen molar-refractivity contribution in [2.75, 3.05) is 33.1 Å². The Morgan fingerprint density at radius 1 is 1.07 bits per heavy atom. The smallest absolute Gasteiger partial charge is 0.338 e. The van der Waals surface area contributed by atoms with Crippen LogP contribution in [0, 0.1) is 0 Å². The molecule has 0 fully saturated rings. The maximum atomic E-state index is 12.4. The molecular weight excluding hydrogens is 408 g/mol. The summed E-state index contributed by atoms with van der Waals surface area (Å²) in [7, 11) is 0.819. The molecule has 2 aromatic carbocycles. The molecule has 0 aliphatic rings. The summed E-state index contributed by atoms with van der Waals surface area (Å²) in [6.45, 7) is 2.02. The Hall–Kier alpha value is -2.91. The number of hydrogen-bond donors (Lipinski definition) is 1. The quantitative estimate of drug-likeness (QED) is 0.609. The van der Waals surface area contributed by atoms with Crippen molar-refractivity contribution in [2.24, 2.45) is 0 Å². The summed E-state index contributed by atoms with van der Waals surface area (Å²) in [6.07, 6.45) is 0.425. The molecule has 0 spiro atoms. The first kappa shape index (κ1) is 23.4. The zero-order chi connectivity index (χ0) is 22.3. The highest BCUT2D eigenvalue weighted by Gasteiger charge is 2.19. The van der Waals surface area contributed by atoms with Crippen molar-refractivity contribution in [2.45, 2.75) is 24.7 Å². The summed E-state index contributed by atoms with van der Waals surface area (Å²) in [5, 5.41) is 2.75. The van der Waals surface area contributed by atoms with Gasteiger partial charge in [-0.1, -0.05) is 0 Å². The number of carbonyl (C=O) groups excluding carboxylic acids is 2. The number of benzene rings is 2. The van der Waals surface area contributed by atoms with Crippen molar-refractivity contribution in [1.82, 2.24) is 4.31 Å². The zero-order valence-electron chi connectivity index (χ0n) is 17.5. The number of amides is 1. The van der Waals surface area contributed by atoms with Crippen LogP contribution in [-0.2, 0) is 26.0 Å². The average molecular weight is 435 g/mol. The van der Waals surface area contributed by atoms with E-state index in [-0.39, 0.29) is 23.8 Å². The van der Waals surface area contributed by atoms with Gasteiger partial charge < -0.3 is 14.8 Å². The fraction of sp³-hybridized carbons (Fsp3) is 0.333. The first-order valence-electron chi connectivity index (χ1n) is 9.35. The third-order valence-electron chi connectivity index (χ3n) is 4.33. The lowest BCUT2D eigenvalue weighted by molar-refractivity contribution is -0.116. The van der Waals surface area contributed by atoms with Crippen LogP contribution in [0.5, 0.6) is 5.75 Å². The topological polar surface area (TPSA) is 102 Å². The molecule has 0 unspecified atom stereocenters. The number of methoxy groups -OCH3 is 1. The van der Waals surface area contributed by atoms with E-state index in [1.54, 1.807) is 37.3 Å². The SMILES string of the molecule is CCOC(=O)c1ccc(NC(=O)CCc2cc(S(=O)(=O)N(C)C)ccc2OC)cc1. The van der Waals surface area contributed by atoms with E-state index in [1.807, 2.05) is 0 Å². The molecule has 1 N–H and O–H groups in total. The lowest BCUT2D eigenvalue weighted by Gasteiger charge is -2.14. The minimum Gasteiger partial charge on any atom is -0.496 e. The molecule has 0 radical (unpaired) electrons. The highest BCUT2D eigenvalue weighted by molar-refractivity contribution is 7.89. The predicted molar refractivity (Wildman–Crippen MR) is 113 cm³/mol. The minimum atomic E-state index is -3.59. The van der Waals surface area contributed by atoms with Gasteiger partial charge >= 0.3 is 5.97 Å². The summed E-state index contributed by atoms with van der Waals surface area (Å²) < 4.78 is 36.1. The number of anilines is 1. The number of rotatable bonds is 9. The summed E-state index contributed by atoms with van der Waals surface area (Å²) in [5.74, 6) is -0.156. The van der Waals surface area contributed by atoms with Crippen LogP contribution in [0.25, 0.3) is 0 Å². The van der Waals surface area contributed by atoms with Gasteiger partial charge in [-0.05, 0) is 61.4 Å². The fourth-order valence-corrected chi connectivity index (χ4v) is 3.65. The van der Waals surface area contributed by atoms with Gasteiger partial charge in [0.05, 0.1) is 24.2 Å². The zero-order valence-corrected chi connectivity index (χ0v) is 18.3. The van der Waals surface area contributed by atoms with Gasteiger partial charge in [-0.15, -0.1) is 0 Å². The number of ether oxygens (including phenoxy) is 2. The molecule has 0 bridgehead atoms. The Bertz CT molecular complexity index is 1000. The van der Waals surface area contributed by atoms with E-state index in [2.05, 4.69) is 5.32 Å². The highest BCUT2D eigenvalue weighted by atomic mass is 32.2. The second-order valence-electron chi connectivity index (χ2n) is 6.61. The monoisotopic (exact) mass is 434 g/mol. The fourth-order valence-electron chi connectivity index (χ4n) is 2.70. The summed E-state index contributed by atoms with van der Waals surface area (Å²) >= 11 is 0. The van der Waals surface area contributed by atoms with Gasteiger partial charge in [0.1, 0.15) is 5.75 Å². The number of carbonyl (C=O) groups is 2. The molecule has 162 valence electrons. The maximum absolute atomic E-state index is 12.4. The van der Waals surface area contributed by atoms with Crippen molar-refractivity contribution in [3.8, 4) is 5.75 Å². The first-order valence-corrected chi connectivity index (χ1v) is 10.8. The van der Waals surface area contributed by atoms with Gasteiger partial charge in [-0.2, -0.15) is 0 Å². The molecule has 0 heterocycles. The van der Waals surface area contributed by atoms with Crippen molar-refractivity contribution < 1.29 is 27.5 Å². The second-order valence-corrected chi connectivity index (χ2v) is 8.76. The number of sulfonamides is 1. The van der Waals surface area contributed by atoms with E-state index >= 15 is 0 Å². The molecule has 0 atom stereocenters. The third kappa shape index (κ3) is 5.80. The molecular formula is C21H26N2O6S. The Morgan fingerprint density at radius 2 is 1.73 bits per heavy atom. The summed E-state index contributed by atoms with van der Waals surface area (Å²) in [4.78, 5) is 24.1. The van der Waals surface area contributed by atoms with Crippen LogP contribution in [0.3, 0.4) is 0 Å².